The second-order valence-corrected chi connectivity index (χ2v) is 7.78. The van der Waals surface area contributed by atoms with Crippen LogP contribution in [0.2, 0.25) is 0 Å². The van der Waals surface area contributed by atoms with E-state index in [1.807, 2.05) is 54.6 Å². The maximum atomic E-state index is 10.6. The van der Waals surface area contributed by atoms with Gasteiger partial charge in [-0.3, -0.25) is 0 Å². The van der Waals surface area contributed by atoms with E-state index in [1.165, 1.54) is 7.11 Å². The molecule has 0 atom stereocenters. The van der Waals surface area contributed by atoms with E-state index in [0.29, 0.717) is 23.0 Å². The van der Waals surface area contributed by atoms with Crippen LogP contribution in [-0.2, 0) is 0 Å². The van der Waals surface area contributed by atoms with Crippen molar-refractivity contribution in [2.24, 2.45) is 0 Å². The lowest BCUT2D eigenvalue weighted by Gasteiger charge is -2.21. The van der Waals surface area contributed by atoms with E-state index in [0.717, 1.165) is 33.4 Å². The first-order valence-corrected chi connectivity index (χ1v) is 11.1. The SMILES string of the molecule is COc1ccc(/C(=C(\c2ccccc2)c2cc(OC)c(OC)c(OC)c2)c2ccccc2)cc1O. The third-order valence-corrected chi connectivity index (χ3v) is 5.80. The van der Waals surface area contributed by atoms with Gasteiger partial charge in [-0.05, 0) is 57.7 Å². The van der Waals surface area contributed by atoms with Crippen molar-refractivity contribution in [1.82, 2.24) is 0 Å². The summed E-state index contributed by atoms with van der Waals surface area (Å²) in [5.74, 6) is 2.11. The van der Waals surface area contributed by atoms with Crippen molar-refractivity contribution in [3.05, 3.63) is 113 Å². The quantitative estimate of drug-likeness (QED) is 0.302. The van der Waals surface area contributed by atoms with Crippen LogP contribution in [0.4, 0.5) is 0 Å². The third-order valence-electron chi connectivity index (χ3n) is 5.80. The maximum Gasteiger partial charge on any atom is 0.203 e. The molecule has 0 aromatic heterocycles. The summed E-state index contributed by atoms with van der Waals surface area (Å²) in [6.45, 7) is 0. The van der Waals surface area contributed by atoms with Gasteiger partial charge < -0.3 is 24.1 Å². The Labute approximate surface area is 205 Å². The first kappa shape index (κ1) is 23.8. The van der Waals surface area contributed by atoms with Crippen LogP contribution in [-0.4, -0.2) is 33.5 Å². The molecule has 1 N–H and O–H groups in total. The standard InChI is InChI=1S/C30H28O5/c1-32-25-16-15-22(17-24(25)31)28(20-11-7-5-8-12-20)29(21-13-9-6-10-14-21)23-18-26(33-2)30(35-4)27(19-23)34-3/h5-19,31H,1-4H3/b29-28+. The minimum Gasteiger partial charge on any atom is -0.504 e. The van der Waals surface area contributed by atoms with Gasteiger partial charge in [0.2, 0.25) is 5.75 Å². The molecule has 35 heavy (non-hydrogen) atoms. The first-order chi connectivity index (χ1) is 17.1. The molecule has 0 saturated heterocycles. The van der Waals surface area contributed by atoms with E-state index < -0.39 is 0 Å². The van der Waals surface area contributed by atoms with E-state index in [4.69, 9.17) is 18.9 Å². The zero-order chi connectivity index (χ0) is 24.8. The minimum atomic E-state index is 0.0655. The number of phenolic OH excluding ortho intramolecular Hbond substituents is 1. The number of ether oxygens (including phenoxy) is 4. The Kier molecular flexibility index (Phi) is 7.27. The number of methoxy groups -OCH3 is 4. The fourth-order valence-electron chi connectivity index (χ4n) is 4.19. The molecule has 0 aliphatic rings. The highest BCUT2D eigenvalue weighted by molar-refractivity contribution is 6.05. The van der Waals surface area contributed by atoms with Crippen LogP contribution in [0.3, 0.4) is 0 Å². The van der Waals surface area contributed by atoms with E-state index in [2.05, 4.69) is 24.3 Å². The Balaban J connectivity index is 2.14. The molecule has 0 radical (unpaired) electrons. The molecule has 0 heterocycles. The van der Waals surface area contributed by atoms with Crippen LogP contribution in [0.25, 0.3) is 11.1 Å². The molecule has 0 unspecified atom stereocenters. The van der Waals surface area contributed by atoms with E-state index in [9.17, 15) is 5.11 Å². The van der Waals surface area contributed by atoms with E-state index >= 15 is 0 Å². The summed E-state index contributed by atoms with van der Waals surface area (Å²) in [6.07, 6.45) is 0. The minimum absolute atomic E-state index is 0.0655. The van der Waals surface area contributed by atoms with Gasteiger partial charge in [0.1, 0.15) is 0 Å². The average Bonchev–Trinajstić information content (AvgIpc) is 2.91. The van der Waals surface area contributed by atoms with Crippen LogP contribution in [0.15, 0.2) is 91.0 Å². The van der Waals surface area contributed by atoms with E-state index in [-0.39, 0.29) is 5.75 Å². The molecule has 0 aliphatic heterocycles. The fourth-order valence-corrected chi connectivity index (χ4v) is 4.19. The predicted octanol–water partition coefficient (Wildman–Crippen LogP) is 6.43. The average molecular weight is 469 g/mol. The highest BCUT2D eigenvalue weighted by Crippen LogP contribution is 2.45. The van der Waals surface area contributed by atoms with Gasteiger partial charge >= 0.3 is 0 Å². The maximum absolute atomic E-state index is 10.6. The zero-order valence-corrected chi connectivity index (χ0v) is 20.2. The monoisotopic (exact) mass is 468 g/mol. The van der Waals surface area contributed by atoms with Crippen molar-refractivity contribution in [1.29, 1.82) is 0 Å². The molecule has 5 nitrogen and oxygen atoms in total. The second-order valence-electron chi connectivity index (χ2n) is 7.78. The summed E-state index contributed by atoms with van der Waals surface area (Å²) >= 11 is 0. The van der Waals surface area contributed by atoms with Crippen LogP contribution in [0.1, 0.15) is 22.3 Å². The van der Waals surface area contributed by atoms with Crippen LogP contribution in [0, 0.1) is 0 Å². The van der Waals surface area contributed by atoms with Gasteiger partial charge in [0.25, 0.3) is 0 Å². The number of benzene rings is 4. The summed E-state index contributed by atoms with van der Waals surface area (Å²) < 4.78 is 22.2. The molecule has 0 spiro atoms. The molecule has 4 rings (SSSR count). The van der Waals surface area contributed by atoms with Gasteiger partial charge in [-0.1, -0.05) is 66.7 Å². The molecule has 0 aliphatic carbocycles. The largest absolute Gasteiger partial charge is 0.504 e. The summed E-state index contributed by atoms with van der Waals surface area (Å²) in [5, 5.41) is 10.6. The van der Waals surface area contributed by atoms with E-state index in [1.54, 1.807) is 33.5 Å². The molecule has 0 fully saturated rings. The lowest BCUT2D eigenvalue weighted by molar-refractivity contribution is 0.324. The lowest BCUT2D eigenvalue weighted by atomic mass is 9.85. The number of hydrogen-bond acceptors (Lipinski definition) is 5. The molecule has 178 valence electrons. The number of aromatic hydroxyl groups is 1. The van der Waals surface area contributed by atoms with Crippen molar-refractivity contribution in [2.45, 2.75) is 0 Å². The lowest BCUT2D eigenvalue weighted by Crippen LogP contribution is -2.01. The smallest absolute Gasteiger partial charge is 0.203 e. The Hall–Kier alpha value is -4.38. The van der Waals surface area contributed by atoms with Crippen LogP contribution in [0.5, 0.6) is 28.7 Å². The van der Waals surface area contributed by atoms with Crippen LogP contribution < -0.4 is 18.9 Å². The summed E-state index contributed by atoms with van der Waals surface area (Å²) in [5.41, 5.74) is 5.58. The number of hydrogen-bond donors (Lipinski definition) is 1. The second kappa shape index (κ2) is 10.7. The Morgan fingerprint density at radius 2 is 0.971 bits per heavy atom. The Morgan fingerprint density at radius 3 is 1.40 bits per heavy atom. The molecule has 4 aromatic rings. The molecule has 0 bridgehead atoms. The summed E-state index contributed by atoms with van der Waals surface area (Å²) in [6, 6.07) is 29.5. The van der Waals surface area contributed by atoms with Gasteiger partial charge in [-0.15, -0.1) is 0 Å². The molecular formula is C30H28O5. The third kappa shape index (κ3) is 4.80. The van der Waals surface area contributed by atoms with Crippen molar-refractivity contribution < 1.29 is 24.1 Å². The fraction of sp³-hybridized carbons (Fsp3) is 0.133. The molecule has 5 heteroatoms. The number of rotatable bonds is 8. The molecule has 0 saturated carbocycles. The van der Waals surface area contributed by atoms with Crippen molar-refractivity contribution in [3.63, 3.8) is 0 Å². The first-order valence-electron chi connectivity index (χ1n) is 11.1. The molecule has 0 amide bonds. The van der Waals surface area contributed by atoms with Gasteiger partial charge in [0.05, 0.1) is 28.4 Å². The topological polar surface area (TPSA) is 57.2 Å². The summed E-state index contributed by atoms with van der Waals surface area (Å²) in [4.78, 5) is 0. The zero-order valence-electron chi connectivity index (χ0n) is 20.2. The van der Waals surface area contributed by atoms with Crippen molar-refractivity contribution in [3.8, 4) is 28.7 Å². The van der Waals surface area contributed by atoms with Crippen LogP contribution >= 0.6 is 0 Å². The Morgan fingerprint density at radius 1 is 0.486 bits per heavy atom. The van der Waals surface area contributed by atoms with Gasteiger partial charge in [-0.2, -0.15) is 0 Å². The Bertz CT molecular complexity index is 1300. The van der Waals surface area contributed by atoms with Crippen molar-refractivity contribution in [2.75, 3.05) is 28.4 Å². The predicted molar refractivity (Wildman–Crippen MR) is 139 cm³/mol. The summed E-state index contributed by atoms with van der Waals surface area (Å²) in [7, 11) is 6.33. The molecule has 4 aromatic carbocycles. The molecular weight excluding hydrogens is 440 g/mol. The van der Waals surface area contributed by atoms with Gasteiger partial charge in [0, 0.05) is 0 Å². The number of phenols is 1. The van der Waals surface area contributed by atoms with Crippen molar-refractivity contribution >= 4 is 11.1 Å². The highest BCUT2D eigenvalue weighted by atomic mass is 16.5. The van der Waals surface area contributed by atoms with Gasteiger partial charge in [-0.25, -0.2) is 0 Å². The highest BCUT2D eigenvalue weighted by Gasteiger charge is 2.21. The normalized spacial score (nSPS) is 11.4. The van der Waals surface area contributed by atoms with Gasteiger partial charge in [0.15, 0.2) is 23.0 Å².